The van der Waals surface area contributed by atoms with E-state index >= 15 is 0 Å². The van der Waals surface area contributed by atoms with Crippen LogP contribution in [0.15, 0.2) is 53.9 Å². The molecule has 1 aromatic heterocycles. The average molecular weight is 390 g/mol. The zero-order valence-corrected chi connectivity index (χ0v) is 15.3. The van der Waals surface area contributed by atoms with Gasteiger partial charge in [0, 0.05) is 20.7 Å². The molecule has 0 saturated carbocycles. The van der Waals surface area contributed by atoms with Crippen molar-refractivity contribution in [2.24, 2.45) is 0 Å². The van der Waals surface area contributed by atoms with Crippen LogP contribution in [-0.4, -0.2) is 25.1 Å². The lowest BCUT2D eigenvalue weighted by Gasteiger charge is -2.10. The second kappa shape index (κ2) is 8.69. The number of amides is 1. The third kappa shape index (κ3) is 4.74. The molecule has 134 valence electrons. The lowest BCUT2D eigenvalue weighted by molar-refractivity contribution is -0.150. The molecule has 0 fully saturated rings. The summed E-state index contributed by atoms with van der Waals surface area (Å²) in [6, 6.07) is 14.7. The first-order valence-electron chi connectivity index (χ1n) is 7.88. The van der Waals surface area contributed by atoms with Gasteiger partial charge in [-0.05, 0) is 23.6 Å². The van der Waals surface area contributed by atoms with E-state index in [0.29, 0.717) is 17.3 Å². The minimum atomic E-state index is -0.615. The first-order chi connectivity index (χ1) is 12.6. The third-order valence-electron chi connectivity index (χ3n) is 3.58. The molecule has 0 radical (unpaired) electrons. The number of hydrogen-bond acceptors (Lipinski definition) is 5. The fraction of sp³-hybridized carbons (Fsp3) is 0.158. The van der Waals surface area contributed by atoms with Crippen LogP contribution in [0, 0.1) is 0 Å². The van der Waals surface area contributed by atoms with Crippen LogP contribution in [0.5, 0.6) is 5.75 Å². The van der Waals surface area contributed by atoms with Crippen molar-refractivity contribution in [2.45, 2.75) is 6.54 Å². The van der Waals surface area contributed by atoms with Crippen molar-refractivity contribution in [3.05, 3.63) is 63.8 Å². The number of esters is 1. The molecule has 0 aliphatic rings. The number of thiophene rings is 1. The predicted octanol–water partition coefficient (Wildman–Crippen LogP) is 3.79. The highest BCUT2D eigenvalue weighted by molar-refractivity contribution is 7.09. The molecule has 0 unspecified atom stereocenters. The van der Waals surface area contributed by atoms with E-state index in [4.69, 9.17) is 21.1 Å². The smallest absolute Gasteiger partial charge is 0.344 e. The number of hydrogen-bond donors (Lipinski definition) is 1. The van der Waals surface area contributed by atoms with Gasteiger partial charge in [-0.1, -0.05) is 41.9 Å². The number of nitrogens with one attached hydrogen (secondary N) is 1. The van der Waals surface area contributed by atoms with Gasteiger partial charge in [0.15, 0.2) is 13.2 Å². The molecule has 1 amide bonds. The summed E-state index contributed by atoms with van der Waals surface area (Å²) in [4.78, 5) is 24.5. The van der Waals surface area contributed by atoms with E-state index in [1.807, 2.05) is 41.8 Å². The van der Waals surface area contributed by atoms with Crippen molar-refractivity contribution in [2.75, 3.05) is 13.2 Å². The second-order valence-corrected chi connectivity index (χ2v) is 6.84. The van der Waals surface area contributed by atoms with Crippen LogP contribution in [-0.2, 0) is 20.9 Å². The van der Waals surface area contributed by atoms with Crippen molar-refractivity contribution < 1.29 is 19.1 Å². The Morgan fingerprint density at radius 3 is 2.58 bits per heavy atom. The molecule has 7 heteroatoms. The highest BCUT2D eigenvalue weighted by Crippen LogP contribution is 2.31. The normalized spacial score (nSPS) is 10.5. The molecule has 0 aliphatic carbocycles. The Hall–Kier alpha value is -2.57. The Bertz CT molecular complexity index is 911. The van der Waals surface area contributed by atoms with E-state index in [0.717, 1.165) is 15.6 Å². The fourth-order valence-corrected chi connectivity index (χ4v) is 3.21. The number of benzene rings is 2. The maximum atomic E-state index is 11.8. The average Bonchev–Trinajstić information content (AvgIpc) is 3.18. The molecule has 0 saturated heterocycles. The Labute approximate surface area is 159 Å². The van der Waals surface area contributed by atoms with Crippen LogP contribution in [0.2, 0.25) is 5.02 Å². The minimum absolute atomic E-state index is 0.288. The topological polar surface area (TPSA) is 64.6 Å². The molecule has 2 aromatic carbocycles. The van der Waals surface area contributed by atoms with Gasteiger partial charge in [0.25, 0.3) is 5.91 Å². The number of halogens is 1. The van der Waals surface area contributed by atoms with Crippen molar-refractivity contribution in [3.63, 3.8) is 0 Å². The molecular formula is C19H16ClNO4S. The summed E-state index contributed by atoms with van der Waals surface area (Å²) in [7, 11) is 0. The van der Waals surface area contributed by atoms with Crippen LogP contribution < -0.4 is 10.1 Å². The van der Waals surface area contributed by atoms with Crippen LogP contribution in [0.1, 0.15) is 4.88 Å². The molecule has 5 nitrogen and oxygen atoms in total. The molecule has 1 heterocycles. The first kappa shape index (κ1) is 18.2. The van der Waals surface area contributed by atoms with Crippen LogP contribution in [0.25, 0.3) is 10.8 Å². The SMILES string of the molecule is O=C(COC(=O)COc1ccc(Cl)c2ccccc12)NCc1cccs1. The van der Waals surface area contributed by atoms with Gasteiger partial charge in [0.05, 0.1) is 6.54 Å². The van der Waals surface area contributed by atoms with Gasteiger partial charge in [-0.2, -0.15) is 0 Å². The van der Waals surface area contributed by atoms with Gasteiger partial charge in [-0.3, -0.25) is 4.79 Å². The summed E-state index contributed by atoms with van der Waals surface area (Å²) in [5.41, 5.74) is 0. The summed E-state index contributed by atoms with van der Waals surface area (Å²) in [5, 5.41) is 6.87. The maximum absolute atomic E-state index is 11.8. The molecule has 3 aromatic rings. The molecule has 1 N–H and O–H groups in total. The van der Waals surface area contributed by atoms with E-state index in [1.54, 1.807) is 23.5 Å². The number of rotatable bonds is 7. The second-order valence-electron chi connectivity index (χ2n) is 5.40. The van der Waals surface area contributed by atoms with E-state index in [1.165, 1.54) is 0 Å². The maximum Gasteiger partial charge on any atom is 0.344 e. The highest BCUT2D eigenvalue weighted by atomic mass is 35.5. The fourth-order valence-electron chi connectivity index (χ4n) is 2.33. The van der Waals surface area contributed by atoms with Gasteiger partial charge < -0.3 is 14.8 Å². The Morgan fingerprint density at radius 1 is 1.00 bits per heavy atom. The largest absolute Gasteiger partial charge is 0.481 e. The Balaban J connectivity index is 1.47. The van der Waals surface area contributed by atoms with Gasteiger partial charge >= 0.3 is 5.97 Å². The van der Waals surface area contributed by atoms with Crippen molar-refractivity contribution >= 4 is 45.6 Å². The number of carbonyl (C=O) groups excluding carboxylic acids is 2. The first-order valence-corrected chi connectivity index (χ1v) is 9.14. The quantitative estimate of drug-likeness (QED) is 0.624. The van der Waals surface area contributed by atoms with E-state index in [9.17, 15) is 9.59 Å². The van der Waals surface area contributed by atoms with Crippen molar-refractivity contribution in [1.82, 2.24) is 5.32 Å². The molecule has 3 rings (SSSR count). The van der Waals surface area contributed by atoms with Crippen LogP contribution >= 0.6 is 22.9 Å². The lowest BCUT2D eigenvalue weighted by Crippen LogP contribution is -2.29. The van der Waals surface area contributed by atoms with Crippen molar-refractivity contribution in [1.29, 1.82) is 0 Å². The van der Waals surface area contributed by atoms with Crippen molar-refractivity contribution in [3.8, 4) is 5.75 Å². The van der Waals surface area contributed by atoms with Gasteiger partial charge in [0.1, 0.15) is 5.75 Å². The molecule has 0 bridgehead atoms. The molecule has 0 atom stereocenters. The molecular weight excluding hydrogens is 374 g/mol. The van der Waals surface area contributed by atoms with E-state index < -0.39 is 5.97 Å². The molecule has 0 aliphatic heterocycles. The molecule has 26 heavy (non-hydrogen) atoms. The summed E-state index contributed by atoms with van der Waals surface area (Å²) >= 11 is 7.70. The third-order valence-corrected chi connectivity index (χ3v) is 4.79. The van der Waals surface area contributed by atoms with Crippen LogP contribution in [0.3, 0.4) is 0 Å². The summed E-state index contributed by atoms with van der Waals surface area (Å²) in [5.74, 6) is -0.442. The highest BCUT2D eigenvalue weighted by Gasteiger charge is 2.11. The zero-order chi connectivity index (χ0) is 18.4. The lowest BCUT2D eigenvalue weighted by atomic mass is 10.1. The van der Waals surface area contributed by atoms with Crippen LogP contribution in [0.4, 0.5) is 0 Å². The minimum Gasteiger partial charge on any atom is -0.481 e. The predicted molar refractivity (Wildman–Crippen MR) is 102 cm³/mol. The number of carbonyl (C=O) groups is 2. The zero-order valence-electron chi connectivity index (χ0n) is 13.7. The summed E-state index contributed by atoms with van der Waals surface area (Å²) < 4.78 is 10.5. The van der Waals surface area contributed by atoms with E-state index in [-0.39, 0.29) is 19.1 Å². The Kier molecular flexibility index (Phi) is 6.09. The Morgan fingerprint density at radius 2 is 1.81 bits per heavy atom. The summed E-state index contributed by atoms with van der Waals surface area (Å²) in [6.07, 6.45) is 0. The summed E-state index contributed by atoms with van der Waals surface area (Å²) in [6.45, 7) is -0.208. The van der Waals surface area contributed by atoms with Gasteiger partial charge in [0.2, 0.25) is 0 Å². The molecule has 0 spiro atoms. The van der Waals surface area contributed by atoms with Gasteiger partial charge in [-0.15, -0.1) is 11.3 Å². The standard InChI is InChI=1S/C19H16ClNO4S/c20-16-7-8-17(15-6-2-1-5-14(15)16)24-12-19(23)25-11-18(22)21-10-13-4-3-9-26-13/h1-9H,10-12H2,(H,21,22). The monoisotopic (exact) mass is 389 g/mol. The number of ether oxygens (including phenoxy) is 2. The number of fused-ring (bicyclic) bond motifs is 1. The van der Waals surface area contributed by atoms with E-state index in [2.05, 4.69) is 5.32 Å². The van der Waals surface area contributed by atoms with Gasteiger partial charge in [-0.25, -0.2) is 4.79 Å².